The molecule has 0 aliphatic heterocycles. The Bertz CT molecular complexity index is 950. The molecular weight excluding hydrogens is 426 g/mol. The molecule has 0 bridgehead atoms. The summed E-state index contributed by atoms with van der Waals surface area (Å²) in [6.45, 7) is 3.09. The topological polar surface area (TPSA) is 41.9 Å². The second-order valence-corrected chi connectivity index (χ2v) is 6.72. The summed E-state index contributed by atoms with van der Waals surface area (Å²) < 4.78 is 83.6. The average molecular weight is 446 g/mol. The number of rotatable bonds is 6. The molecule has 0 radical (unpaired) electrons. The van der Waals surface area contributed by atoms with Gasteiger partial charge in [-0.3, -0.25) is 0 Å². The Hall–Kier alpha value is -3.04. The predicted molar refractivity (Wildman–Crippen MR) is 103 cm³/mol. The Kier molecular flexibility index (Phi) is 7.35. The first-order chi connectivity index (χ1) is 14.3. The van der Waals surface area contributed by atoms with Crippen molar-refractivity contribution in [3.05, 3.63) is 64.2 Å². The van der Waals surface area contributed by atoms with Crippen molar-refractivity contribution in [3.63, 3.8) is 0 Å². The fraction of sp³-hybridized carbons (Fsp3) is 0.333. The molecule has 10 heteroatoms. The minimum atomic E-state index is -4.76. The first-order valence-corrected chi connectivity index (χ1v) is 9.13. The standard InChI is InChI=1S/C21H20F6N2O2/c1-4-29(3)12-28-17-10-9-16(13(2)18(17)21(25,26)27)19(30)31-11-14-5-7-15(8-6-14)20(22,23)24/h5-10,12H,4,11H2,1-3H3/b28-12+. The molecule has 0 amide bonds. The molecule has 0 aromatic heterocycles. The van der Waals surface area contributed by atoms with E-state index in [0.717, 1.165) is 37.3 Å². The maximum absolute atomic E-state index is 13.6. The van der Waals surface area contributed by atoms with Crippen molar-refractivity contribution in [1.82, 2.24) is 4.90 Å². The van der Waals surface area contributed by atoms with Crippen LogP contribution in [0.25, 0.3) is 0 Å². The smallest absolute Gasteiger partial charge is 0.418 e. The molecular formula is C21H20F6N2O2. The molecule has 2 rings (SSSR count). The lowest BCUT2D eigenvalue weighted by Gasteiger charge is -2.17. The van der Waals surface area contributed by atoms with E-state index in [4.69, 9.17) is 4.74 Å². The predicted octanol–water partition coefficient (Wildman–Crippen LogP) is 6.00. The Labute approximate surface area is 175 Å². The number of nitrogens with zero attached hydrogens (tertiary/aromatic N) is 2. The number of hydrogen-bond donors (Lipinski definition) is 0. The van der Waals surface area contributed by atoms with Crippen LogP contribution in [0.1, 0.15) is 39.5 Å². The van der Waals surface area contributed by atoms with E-state index in [9.17, 15) is 31.1 Å². The Morgan fingerprint density at radius 3 is 2.16 bits per heavy atom. The van der Waals surface area contributed by atoms with Crippen molar-refractivity contribution in [3.8, 4) is 0 Å². The Balaban J connectivity index is 2.25. The summed E-state index contributed by atoms with van der Waals surface area (Å²) in [5.41, 5.74) is -2.65. The normalized spacial score (nSPS) is 12.3. The minimum Gasteiger partial charge on any atom is -0.457 e. The first-order valence-electron chi connectivity index (χ1n) is 9.13. The number of hydrogen-bond acceptors (Lipinski definition) is 3. The van der Waals surface area contributed by atoms with Gasteiger partial charge in [-0.1, -0.05) is 12.1 Å². The lowest BCUT2D eigenvalue weighted by molar-refractivity contribution is -0.138. The van der Waals surface area contributed by atoms with Gasteiger partial charge in [0.25, 0.3) is 0 Å². The maximum atomic E-state index is 13.6. The largest absolute Gasteiger partial charge is 0.457 e. The fourth-order valence-corrected chi connectivity index (χ4v) is 2.64. The Morgan fingerprint density at radius 2 is 1.65 bits per heavy atom. The number of ether oxygens (including phenoxy) is 1. The van der Waals surface area contributed by atoms with Crippen molar-refractivity contribution in [2.24, 2.45) is 4.99 Å². The van der Waals surface area contributed by atoms with Crippen LogP contribution in [0.5, 0.6) is 0 Å². The zero-order valence-electron chi connectivity index (χ0n) is 16.9. The monoisotopic (exact) mass is 446 g/mol. The van der Waals surface area contributed by atoms with Crippen LogP contribution in [0.2, 0.25) is 0 Å². The van der Waals surface area contributed by atoms with Crippen LogP contribution in [-0.4, -0.2) is 30.8 Å². The van der Waals surface area contributed by atoms with Gasteiger partial charge in [0.2, 0.25) is 0 Å². The van der Waals surface area contributed by atoms with E-state index in [-0.39, 0.29) is 29.0 Å². The fourth-order valence-electron chi connectivity index (χ4n) is 2.64. The number of carbonyl (C=O) groups excluding carboxylic acids is 1. The Morgan fingerprint density at radius 1 is 1.03 bits per heavy atom. The molecule has 0 N–H and O–H groups in total. The van der Waals surface area contributed by atoms with Crippen LogP contribution in [-0.2, 0) is 23.7 Å². The zero-order valence-corrected chi connectivity index (χ0v) is 16.9. The summed E-state index contributed by atoms with van der Waals surface area (Å²) in [6.07, 6.45) is -8.01. The van der Waals surface area contributed by atoms with Crippen LogP contribution in [0.15, 0.2) is 41.4 Å². The lowest BCUT2D eigenvalue weighted by atomic mass is 10.00. The maximum Gasteiger partial charge on any atom is 0.418 e. The molecule has 0 saturated carbocycles. The average Bonchev–Trinajstić information content (AvgIpc) is 2.68. The van der Waals surface area contributed by atoms with Gasteiger partial charge in [-0.2, -0.15) is 26.3 Å². The highest BCUT2D eigenvalue weighted by molar-refractivity contribution is 5.92. The number of aliphatic imine (C=N–C) groups is 1. The molecule has 4 nitrogen and oxygen atoms in total. The molecule has 2 aromatic rings. The van der Waals surface area contributed by atoms with Gasteiger partial charge in [0.15, 0.2) is 0 Å². The van der Waals surface area contributed by atoms with Gasteiger partial charge in [-0.15, -0.1) is 0 Å². The van der Waals surface area contributed by atoms with Crippen molar-refractivity contribution in [2.45, 2.75) is 32.8 Å². The third-order valence-electron chi connectivity index (χ3n) is 4.49. The van der Waals surface area contributed by atoms with Crippen molar-refractivity contribution in [1.29, 1.82) is 0 Å². The van der Waals surface area contributed by atoms with E-state index < -0.39 is 29.4 Å². The second kappa shape index (κ2) is 9.40. The molecule has 0 fully saturated rings. The summed E-state index contributed by atoms with van der Waals surface area (Å²) in [6, 6.07) is 6.17. The molecule has 0 spiro atoms. The first kappa shape index (κ1) is 24.2. The van der Waals surface area contributed by atoms with Crippen LogP contribution < -0.4 is 0 Å². The van der Waals surface area contributed by atoms with E-state index in [1.54, 1.807) is 18.9 Å². The molecule has 168 valence electrons. The van der Waals surface area contributed by atoms with Crippen LogP contribution in [0.4, 0.5) is 32.0 Å². The number of benzene rings is 2. The van der Waals surface area contributed by atoms with E-state index >= 15 is 0 Å². The third kappa shape index (κ3) is 6.22. The van der Waals surface area contributed by atoms with E-state index in [1.807, 2.05) is 0 Å². The van der Waals surface area contributed by atoms with E-state index in [0.29, 0.717) is 6.54 Å². The highest BCUT2D eigenvalue weighted by Gasteiger charge is 2.37. The lowest BCUT2D eigenvalue weighted by Crippen LogP contribution is -2.16. The van der Waals surface area contributed by atoms with Crippen LogP contribution in [0.3, 0.4) is 0 Å². The van der Waals surface area contributed by atoms with Gasteiger partial charge in [0, 0.05) is 13.6 Å². The van der Waals surface area contributed by atoms with Gasteiger partial charge < -0.3 is 9.64 Å². The molecule has 0 heterocycles. The SMILES string of the molecule is CCN(C)/C=N/c1ccc(C(=O)OCc2ccc(C(F)(F)F)cc2)c(C)c1C(F)(F)F. The van der Waals surface area contributed by atoms with E-state index in [2.05, 4.69) is 4.99 Å². The van der Waals surface area contributed by atoms with Gasteiger partial charge in [-0.25, -0.2) is 9.79 Å². The summed E-state index contributed by atoms with van der Waals surface area (Å²) in [5.74, 6) is -1.02. The van der Waals surface area contributed by atoms with E-state index in [1.165, 1.54) is 12.4 Å². The number of alkyl halides is 6. The van der Waals surface area contributed by atoms with Gasteiger partial charge in [0.05, 0.1) is 28.7 Å². The molecule has 0 aliphatic carbocycles. The third-order valence-corrected chi connectivity index (χ3v) is 4.49. The highest BCUT2D eigenvalue weighted by atomic mass is 19.4. The summed E-state index contributed by atoms with van der Waals surface area (Å²) in [7, 11) is 1.65. The molecule has 2 aromatic carbocycles. The van der Waals surface area contributed by atoms with Gasteiger partial charge in [0.1, 0.15) is 6.61 Å². The van der Waals surface area contributed by atoms with Gasteiger partial charge >= 0.3 is 18.3 Å². The minimum absolute atomic E-state index is 0.263. The molecule has 31 heavy (non-hydrogen) atoms. The zero-order chi connectivity index (χ0) is 23.4. The van der Waals surface area contributed by atoms with Crippen molar-refractivity contribution in [2.75, 3.05) is 13.6 Å². The quantitative estimate of drug-likeness (QED) is 0.237. The van der Waals surface area contributed by atoms with Crippen molar-refractivity contribution >= 4 is 18.0 Å². The van der Waals surface area contributed by atoms with Crippen molar-refractivity contribution < 1.29 is 35.9 Å². The van der Waals surface area contributed by atoms with Crippen LogP contribution in [0, 0.1) is 6.92 Å². The summed E-state index contributed by atoms with van der Waals surface area (Å²) in [4.78, 5) is 17.8. The molecule has 0 unspecified atom stereocenters. The summed E-state index contributed by atoms with van der Waals surface area (Å²) in [5, 5.41) is 0. The molecule has 0 aliphatic rings. The number of carbonyl (C=O) groups is 1. The van der Waals surface area contributed by atoms with Gasteiger partial charge in [-0.05, 0) is 49.2 Å². The number of esters is 1. The van der Waals surface area contributed by atoms with Crippen LogP contribution >= 0.6 is 0 Å². The number of halogens is 6. The molecule has 0 atom stereocenters. The summed E-state index contributed by atoms with van der Waals surface area (Å²) >= 11 is 0. The molecule has 0 saturated heterocycles. The second-order valence-electron chi connectivity index (χ2n) is 6.72. The highest BCUT2D eigenvalue weighted by Crippen LogP contribution is 2.40.